The Balaban J connectivity index is 2.73. The van der Waals surface area contributed by atoms with E-state index in [9.17, 15) is 4.79 Å². The molecule has 0 saturated heterocycles. The zero-order valence-corrected chi connectivity index (χ0v) is 9.99. The summed E-state index contributed by atoms with van der Waals surface area (Å²) < 4.78 is 0. The minimum absolute atomic E-state index is 0.341. The Morgan fingerprint density at radius 2 is 2.13 bits per heavy atom. The van der Waals surface area contributed by atoms with Crippen LogP contribution < -0.4 is 0 Å². The molecular formula is C11H7BrClNO. The van der Waals surface area contributed by atoms with Crippen molar-refractivity contribution in [2.45, 2.75) is 4.83 Å². The van der Waals surface area contributed by atoms with Crippen molar-refractivity contribution in [1.82, 2.24) is 4.98 Å². The lowest BCUT2D eigenvalue weighted by atomic mass is 10.1. The summed E-state index contributed by atoms with van der Waals surface area (Å²) in [5.74, 6) is 0. The highest BCUT2D eigenvalue weighted by Crippen LogP contribution is 2.27. The van der Waals surface area contributed by atoms with E-state index >= 15 is 0 Å². The number of pyridine rings is 1. The molecule has 0 fully saturated rings. The van der Waals surface area contributed by atoms with E-state index in [-0.39, 0.29) is 4.83 Å². The maximum Gasteiger partial charge on any atom is 0.138 e. The molecule has 1 atom stereocenters. The molecule has 2 nitrogen and oxygen atoms in total. The van der Waals surface area contributed by atoms with E-state index in [4.69, 9.17) is 11.6 Å². The van der Waals surface area contributed by atoms with Gasteiger partial charge in [0, 0.05) is 5.39 Å². The van der Waals surface area contributed by atoms with Crippen molar-refractivity contribution in [3.8, 4) is 0 Å². The topological polar surface area (TPSA) is 30.0 Å². The largest absolute Gasteiger partial charge is 0.302 e. The predicted molar refractivity (Wildman–Crippen MR) is 64.5 cm³/mol. The van der Waals surface area contributed by atoms with Gasteiger partial charge in [-0.3, -0.25) is 0 Å². The van der Waals surface area contributed by atoms with Crippen LogP contribution >= 0.6 is 27.5 Å². The van der Waals surface area contributed by atoms with Gasteiger partial charge in [0.1, 0.15) is 11.4 Å². The number of nitrogens with zero attached hydrogens (tertiary/aromatic N) is 1. The fraction of sp³-hybridized carbons (Fsp3) is 0.0909. The Bertz CT molecular complexity index is 515. The van der Waals surface area contributed by atoms with E-state index in [2.05, 4.69) is 20.9 Å². The predicted octanol–water partition coefficient (Wildman–Crippen LogP) is 3.52. The van der Waals surface area contributed by atoms with Gasteiger partial charge in [-0.2, -0.15) is 0 Å². The maximum absolute atomic E-state index is 10.7. The summed E-state index contributed by atoms with van der Waals surface area (Å²) in [6, 6.07) is 9.31. The third-order valence-electron chi connectivity index (χ3n) is 2.13. The summed E-state index contributed by atoms with van der Waals surface area (Å²) in [6.07, 6.45) is 0.831. The summed E-state index contributed by atoms with van der Waals surface area (Å²) in [7, 11) is 0. The molecule has 0 aliphatic heterocycles. The molecule has 0 aliphatic rings. The van der Waals surface area contributed by atoms with Crippen molar-refractivity contribution in [3.05, 3.63) is 41.0 Å². The molecule has 2 rings (SSSR count). The van der Waals surface area contributed by atoms with Crippen LogP contribution in [0.4, 0.5) is 0 Å². The average Bonchev–Trinajstić information content (AvgIpc) is 2.27. The van der Waals surface area contributed by atoms with E-state index in [1.54, 1.807) is 6.07 Å². The van der Waals surface area contributed by atoms with E-state index in [0.717, 1.165) is 22.8 Å². The van der Waals surface area contributed by atoms with Crippen molar-refractivity contribution in [3.63, 3.8) is 0 Å². The highest BCUT2D eigenvalue weighted by Gasteiger charge is 2.10. The van der Waals surface area contributed by atoms with Gasteiger partial charge in [-0.05, 0) is 17.7 Å². The number of aldehydes is 1. The van der Waals surface area contributed by atoms with E-state index in [0.29, 0.717) is 5.15 Å². The lowest BCUT2D eigenvalue weighted by Gasteiger charge is -2.06. The van der Waals surface area contributed by atoms with Crippen LogP contribution in [0.25, 0.3) is 10.9 Å². The van der Waals surface area contributed by atoms with Gasteiger partial charge in [0.15, 0.2) is 0 Å². The van der Waals surface area contributed by atoms with Gasteiger partial charge in [0.25, 0.3) is 0 Å². The second-order valence-electron chi connectivity index (χ2n) is 3.09. The second kappa shape index (κ2) is 4.29. The van der Waals surface area contributed by atoms with Crippen LogP contribution in [0.1, 0.15) is 10.4 Å². The molecule has 1 unspecified atom stereocenters. The highest BCUT2D eigenvalue weighted by atomic mass is 79.9. The van der Waals surface area contributed by atoms with Crippen molar-refractivity contribution < 1.29 is 4.79 Å². The van der Waals surface area contributed by atoms with Crippen LogP contribution in [0.2, 0.25) is 5.15 Å². The standard InChI is InChI=1S/C11H7BrClNO/c12-9(6-15)8-3-1-2-7-4-5-10(13)14-11(7)8/h1-6,9H. The molecule has 0 spiro atoms. The lowest BCUT2D eigenvalue weighted by Crippen LogP contribution is -1.94. The number of hydrogen-bond acceptors (Lipinski definition) is 2. The molecule has 0 N–H and O–H groups in total. The molecule has 2 aromatic rings. The molecule has 4 heteroatoms. The molecule has 1 aromatic carbocycles. The number of hydrogen-bond donors (Lipinski definition) is 0. The number of carbonyl (C=O) groups is 1. The van der Waals surface area contributed by atoms with Gasteiger partial charge in [-0.25, -0.2) is 4.98 Å². The summed E-state index contributed by atoms with van der Waals surface area (Å²) >= 11 is 9.10. The number of halogens is 2. The van der Waals surface area contributed by atoms with Crippen LogP contribution in [0.5, 0.6) is 0 Å². The third kappa shape index (κ3) is 2.03. The number of alkyl halides is 1. The maximum atomic E-state index is 10.7. The van der Waals surface area contributed by atoms with E-state index < -0.39 is 0 Å². The molecule has 1 aromatic heterocycles. The molecule has 0 aliphatic carbocycles. The zero-order chi connectivity index (χ0) is 10.8. The summed E-state index contributed by atoms with van der Waals surface area (Å²) in [5.41, 5.74) is 1.60. The van der Waals surface area contributed by atoms with Crippen molar-refractivity contribution in [2.24, 2.45) is 0 Å². The second-order valence-corrected chi connectivity index (χ2v) is 4.46. The van der Waals surface area contributed by atoms with Gasteiger partial charge in [-0.15, -0.1) is 0 Å². The van der Waals surface area contributed by atoms with Crippen LogP contribution in [0, 0.1) is 0 Å². The fourth-order valence-corrected chi connectivity index (χ4v) is 1.96. The highest BCUT2D eigenvalue weighted by molar-refractivity contribution is 9.09. The van der Waals surface area contributed by atoms with Crippen LogP contribution in [0.15, 0.2) is 30.3 Å². The minimum Gasteiger partial charge on any atom is -0.302 e. The minimum atomic E-state index is -0.341. The van der Waals surface area contributed by atoms with Crippen molar-refractivity contribution >= 4 is 44.7 Å². The zero-order valence-electron chi connectivity index (χ0n) is 7.65. The number of aromatic nitrogens is 1. The molecule has 0 radical (unpaired) electrons. The first kappa shape index (κ1) is 10.6. The summed E-state index contributed by atoms with van der Waals surface area (Å²) in [4.78, 5) is 14.6. The molecule has 0 amide bonds. The Labute approximate surface area is 100 Å². The van der Waals surface area contributed by atoms with Gasteiger partial charge in [-0.1, -0.05) is 45.7 Å². The van der Waals surface area contributed by atoms with Crippen LogP contribution in [0.3, 0.4) is 0 Å². The van der Waals surface area contributed by atoms with Gasteiger partial charge < -0.3 is 4.79 Å². The molecule has 0 bridgehead atoms. The monoisotopic (exact) mass is 283 g/mol. The first-order valence-electron chi connectivity index (χ1n) is 4.37. The molecule has 76 valence electrons. The quantitative estimate of drug-likeness (QED) is 0.480. The number of fused-ring (bicyclic) bond motifs is 1. The van der Waals surface area contributed by atoms with Crippen LogP contribution in [-0.4, -0.2) is 11.3 Å². The Morgan fingerprint density at radius 1 is 1.33 bits per heavy atom. The number of rotatable bonds is 2. The normalized spacial score (nSPS) is 12.7. The van der Waals surface area contributed by atoms with Crippen molar-refractivity contribution in [1.29, 1.82) is 0 Å². The molecule has 0 saturated carbocycles. The van der Waals surface area contributed by atoms with E-state index in [1.165, 1.54) is 0 Å². The average molecular weight is 285 g/mol. The fourth-order valence-electron chi connectivity index (χ4n) is 1.44. The SMILES string of the molecule is O=CC(Br)c1cccc2ccc(Cl)nc12. The number of carbonyl (C=O) groups excluding carboxylic acids is 1. The Kier molecular flexibility index (Phi) is 3.03. The number of benzene rings is 1. The molecule has 1 heterocycles. The van der Waals surface area contributed by atoms with Crippen LogP contribution in [-0.2, 0) is 4.79 Å². The Hall–Kier alpha value is -0.930. The number of para-hydroxylation sites is 1. The van der Waals surface area contributed by atoms with Gasteiger partial charge in [0.05, 0.1) is 10.3 Å². The van der Waals surface area contributed by atoms with Gasteiger partial charge in [0.2, 0.25) is 0 Å². The smallest absolute Gasteiger partial charge is 0.138 e. The van der Waals surface area contributed by atoms with Crippen molar-refractivity contribution in [2.75, 3.05) is 0 Å². The van der Waals surface area contributed by atoms with Gasteiger partial charge >= 0.3 is 0 Å². The first-order valence-corrected chi connectivity index (χ1v) is 5.66. The Morgan fingerprint density at radius 3 is 2.87 bits per heavy atom. The summed E-state index contributed by atoms with van der Waals surface area (Å²) in [6.45, 7) is 0. The molecule has 15 heavy (non-hydrogen) atoms. The summed E-state index contributed by atoms with van der Waals surface area (Å²) in [5, 5.41) is 1.41. The third-order valence-corrected chi connectivity index (χ3v) is 3.05. The van der Waals surface area contributed by atoms with E-state index in [1.807, 2.05) is 24.3 Å². The first-order chi connectivity index (χ1) is 7.22. The molecular weight excluding hydrogens is 277 g/mol. The lowest BCUT2D eigenvalue weighted by molar-refractivity contribution is -0.107.